The molecule has 1 fully saturated rings. The number of ether oxygens (including phenoxy) is 2. The van der Waals surface area contributed by atoms with E-state index in [2.05, 4.69) is 26.2 Å². The molecular formula is C23H26ClN5O9P2. The molecule has 1 unspecified atom stereocenters. The standard InChI is InChI=1S/C23H26ClN5O9P2/c1-4-23(3)16(11-36-40(34,35)13-39(31,32)33)38-21(18(23)37-14(2)30)29-12-26-17-19(27-22(24)28-20(17)29)25-10-15-8-6-5-7-9-15/h1,5-9,12,16,18,21H,10-11,13H2,2-3H3,(H,34,35)(H,25,27,28)(H2,31,32,33)/t16-,18+,21-,23+/m1/s1. The van der Waals surface area contributed by atoms with Gasteiger partial charge in [0.1, 0.15) is 6.10 Å². The van der Waals surface area contributed by atoms with Gasteiger partial charge in [-0.15, -0.1) is 6.42 Å². The van der Waals surface area contributed by atoms with Gasteiger partial charge >= 0.3 is 21.2 Å². The van der Waals surface area contributed by atoms with Crippen LogP contribution in [0, 0.1) is 17.8 Å². The number of rotatable bonds is 10. The molecule has 4 N–H and O–H groups in total. The van der Waals surface area contributed by atoms with Crippen LogP contribution in [0.25, 0.3) is 11.2 Å². The summed E-state index contributed by atoms with van der Waals surface area (Å²) in [6, 6.07) is 9.54. The summed E-state index contributed by atoms with van der Waals surface area (Å²) in [5.74, 6) is 0.777. The smallest absolute Gasteiger partial charge is 0.340 e. The normalized spacial score (nSPS) is 24.4. The number of terminal acetylenes is 1. The van der Waals surface area contributed by atoms with Gasteiger partial charge in [0.15, 0.2) is 35.2 Å². The van der Waals surface area contributed by atoms with Crippen molar-refractivity contribution >= 4 is 49.7 Å². The summed E-state index contributed by atoms with van der Waals surface area (Å²) in [6.07, 6.45) is 3.74. The van der Waals surface area contributed by atoms with E-state index in [-0.39, 0.29) is 10.9 Å². The van der Waals surface area contributed by atoms with Crippen LogP contribution >= 0.6 is 26.8 Å². The molecule has 17 heteroatoms. The molecule has 40 heavy (non-hydrogen) atoms. The fourth-order valence-electron chi connectivity index (χ4n) is 4.26. The van der Waals surface area contributed by atoms with E-state index in [0.29, 0.717) is 17.9 Å². The molecule has 0 radical (unpaired) electrons. The van der Waals surface area contributed by atoms with Gasteiger partial charge < -0.3 is 34.0 Å². The summed E-state index contributed by atoms with van der Waals surface area (Å²) in [6.45, 7) is 2.47. The lowest BCUT2D eigenvalue weighted by Gasteiger charge is -2.29. The SMILES string of the molecule is C#C[C@@]1(C)[C@@H](COP(=O)(O)CP(=O)(O)O)O[C@@H](n2cnc3c(NCc4ccccc4)nc(Cl)nc32)[C@@H]1OC(C)=O. The molecule has 3 aromatic rings. The molecule has 0 saturated carbocycles. The fraction of sp³-hybridized carbons (Fsp3) is 0.391. The Kier molecular flexibility index (Phi) is 8.71. The largest absolute Gasteiger partial charge is 0.456 e. The van der Waals surface area contributed by atoms with Crippen LogP contribution in [0.2, 0.25) is 5.28 Å². The second-order valence-corrected chi connectivity index (χ2v) is 13.5. The molecule has 0 spiro atoms. The Morgan fingerprint density at radius 3 is 2.60 bits per heavy atom. The molecule has 0 amide bonds. The maximum atomic E-state index is 12.3. The minimum atomic E-state index is -4.87. The Balaban J connectivity index is 1.68. The number of aromatic nitrogens is 4. The highest BCUT2D eigenvalue weighted by molar-refractivity contribution is 7.70. The van der Waals surface area contributed by atoms with Gasteiger partial charge in [-0.25, -0.2) is 4.98 Å². The van der Waals surface area contributed by atoms with Crippen LogP contribution in [0.15, 0.2) is 36.7 Å². The van der Waals surface area contributed by atoms with Gasteiger partial charge in [-0.2, -0.15) is 9.97 Å². The number of carbonyl (C=O) groups is 1. The van der Waals surface area contributed by atoms with Crippen molar-refractivity contribution < 1.29 is 42.6 Å². The van der Waals surface area contributed by atoms with E-state index in [0.717, 1.165) is 5.56 Å². The van der Waals surface area contributed by atoms with Gasteiger partial charge in [0.2, 0.25) is 5.28 Å². The van der Waals surface area contributed by atoms with Crippen LogP contribution < -0.4 is 5.32 Å². The van der Waals surface area contributed by atoms with Crippen molar-refractivity contribution in [3.05, 3.63) is 47.5 Å². The lowest BCUT2D eigenvalue weighted by atomic mass is 9.81. The average molecular weight is 614 g/mol. The Bertz CT molecular complexity index is 1540. The molecule has 1 saturated heterocycles. The summed E-state index contributed by atoms with van der Waals surface area (Å²) < 4.78 is 41.6. The van der Waals surface area contributed by atoms with Crippen molar-refractivity contribution in [3.63, 3.8) is 0 Å². The lowest BCUT2D eigenvalue weighted by molar-refractivity contribution is -0.154. The highest BCUT2D eigenvalue weighted by Crippen LogP contribution is 2.56. The van der Waals surface area contributed by atoms with Crippen molar-refractivity contribution in [2.45, 2.75) is 38.8 Å². The number of nitrogens with one attached hydrogen (secondary N) is 1. The number of halogens is 1. The van der Waals surface area contributed by atoms with Gasteiger partial charge in [0, 0.05) is 13.5 Å². The van der Waals surface area contributed by atoms with Gasteiger partial charge in [0.05, 0.1) is 18.3 Å². The van der Waals surface area contributed by atoms with Gasteiger partial charge in [-0.1, -0.05) is 36.3 Å². The highest BCUT2D eigenvalue weighted by atomic mass is 35.5. The zero-order chi connectivity index (χ0) is 29.3. The number of anilines is 1. The zero-order valence-corrected chi connectivity index (χ0v) is 23.8. The molecule has 0 bridgehead atoms. The van der Waals surface area contributed by atoms with Gasteiger partial charge in [-0.3, -0.25) is 18.5 Å². The molecule has 5 atom stereocenters. The maximum Gasteiger partial charge on any atom is 0.340 e. The molecule has 1 aliphatic rings. The van der Waals surface area contributed by atoms with Crippen molar-refractivity contribution in [2.24, 2.45) is 5.41 Å². The van der Waals surface area contributed by atoms with Crippen LogP contribution in [0.3, 0.4) is 0 Å². The average Bonchev–Trinajstić information content (AvgIpc) is 3.39. The third-order valence-electron chi connectivity index (χ3n) is 6.19. The molecular weight excluding hydrogens is 588 g/mol. The van der Waals surface area contributed by atoms with E-state index in [1.54, 1.807) is 0 Å². The first kappa shape index (κ1) is 30.1. The van der Waals surface area contributed by atoms with Crippen molar-refractivity contribution in [1.82, 2.24) is 19.5 Å². The maximum absolute atomic E-state index is 12.3. The summed E-state index contributed by atoms with van der Waals surface area (Å²) >= 11 is 6.22. The van der Waals surface area contributed by atoms with Crippen molar-refractivity contribution in [1.29, 1.82) is 0 Å². The van der Waals surface area contributed by atoms with Crippen LogP contribution in [-0.2, 0) is 34.5 Å². The van der Waals surface area contributed by atoms with E-state index < -0.39 is 57.5 Å². The van der Waals surface area contributed by atoms with Crippen LogP contribution in [0.5, 0.6) is 0 Å². The summed E-state index contributed by atoms with van der Waals surface area (Å²) in [5, 5.41) is 3.06. The fourth-order valence-corrected chi connectivity index (χ4v) is 6.98. The van der Waals surface area contributed by atoms with E-state index in [4.69, 9.17) is 41.8 Å². The van der Waals surface area contributed by atoms with Gasteiger partial charge in [0.25, 0.3) is 0 Å². The summed E-state index contributed by atoms with van der Waals surface area (Å²) in [4.78, 5) is 53.1. The van der Waals surface area contributed by atoms with Crippen LogP contribution in [0.4, 0.5) is 5.82 Å². The molecule has 0 aliphatic carbocycles. The van der Waals surface area contributed by atoms with Crippen LogP contribution in [0.1, 0.15) is 25.6 Å². The first-order valence-corrected chi connectivity index (χ1v) is 15.7. The third-order valence-corrected chi connectivity index (χ3v) is 9.81. The molecule has 14 nitrogen and oxygen atoms in total. The highest BCUT2D eigenvalue weighted by Gasteiger charge is 2.56. The van der Waals surface area contributed by atoms with Crippen molar-refractivity contribution in [3.8, 4) is 12.3 Å². The van der Waals surface area contributed by atoms with Crippen molar-refractivity contribution in [2.75, 3.05) is 17.8 Å². The topological polar surface area (TPSA) is 195 Å². The summed E-state index contributed by atoms with van der Waals surface area (Å²) in [7, 11) is -9.60. The minimum Gasteiger partial charge on any atom is -0.456 e. The second-order valence-electron chi connectivity index (χ2n) is 9.22. The van der Waals surface area contributed by atoms with E-state index in [1.165, 1.54) is 24.7 Å². The predicted octanol–water partition coefficient (Wildman–Crippen LogP) is 2.90. The number of imidazole rings is 1. The Labute approximate surface area is 233 Å². The van der Waals surface area contributed by atoms with E-state index in [1.807, 2.05) is 30.3 Å². The molecule has 4 rings (SSSR count). The Morgan fingerprint density at radius 2 is 1.98 bits per heavy atom. The quantitative estimate of drug-likeness (QED) is 0.113. The number of nitrogens with zero attached hydrogens (tertiary/aromatic N) is 4. The molecule has 214 valence electrons. The first-order valence-electron chi connectivity index (χ1n) is 11.7. The van der Waals surface area contributed by atoms with Gasteiger partial charge in [-0.05, 0) is 24.1 Å². The number of carbonyl (C=O) groups excluding carboxylic acids is 1. The first-order chi connectivity index (χ1) is 18.7. The third kappa shape index (κ3) is 6.71. The van der Waals surface area contributed by atoms with E-state index in [9.17, 15) is 18.8 Å². The predicted molar refractivity (Wildman–Crippen MR) is 143 cm³/mol. The molecule has 2 aromatic heterocycles. The Morgan fingerprint density at radius 1 is 1.27 bits per heavy atom. The number of benzene rings is 1. The molecule has 1 aromatic carbocycles. The number of esters is 1. The Hall–Kier alpha value is -2.85. The van der Waals surface area contributed by atoms with E-state index >= 15 is 0 Å². The number of hydrogen-bond acceptors (Lipinski definition) is 10. The molecule has 3 heterocycles. The zero-order valence-electron chi connectivity index (χ0n) is 21.2. The minimum absolute atomic E-state index is 0.106. The lowest BCUT2D eigenvalue weighted by Crippen LogP contribution is -2.41. The van der Waals surface area contributed by atoms with Crippen LogP contribution in [-0.4, -0.2) is 64.9 Å². The molecule has 1 aliphatic heterocycles. The monoisotopic (exact) mass is 613 g/mol. The second kappa shape index (κ2) is 11.6. The number of hydrogen-bond donors (Lipinski definition) is 4. The number of fused-ring (bicyclic) bond motifs is 1. The summed E-state index contributed by atoms with van der Waals surface area (Å²) in [5.41, 5.74) is 0.105.